The summed E-state index contributed by atoms with van der Waals surface area (Å²) in [6.07, 6.45) is 0. The summed E-state index contributed by atoms with van der Waals surface area (Å²) < 4.78 is 11.2. The van der Waals surface area contributed by atoms with Gasteiger partial charge < -0.3 is 9.47 Å². The first-order chi connectivity index (χ1) is 9.28. The second-order valence-electron chi connectivity index (χ2n) is 3.56. The zero-order chi connectivity index (χ0) is 14.1. The van der Waals surface area contributed by atoms with Crippen molar-refractivity contribution in [2.45, 2.75) is 27.7 Å². The summed E-state index contributed by atoms with van der Waals surface area (Å²) in [5.41, 5.74) is 0.705. The van der Waals surface area contributed by atoms with Crippen LogP contribution in [0, 0.1) is 0 Å². The number of hydrogen-bond acceptors (Lipinski definition) is 5. The van der Waals surface area contributed by atoms with Gasteiger partial charge in [0, 0.05) is 0 Å². The van der Waals surface area contributed by atoms with Crippen LogP contribution in [0.25, 0.3) is 0 Å². The predicted octanol–water partition coefficient (Wildman–Crippen LogP) is 3.19. The SMILES string of the molecule is CCOc1cccc(N(OCC)OCC)c1OCC. The Morgan fingerprint density at radius 1 is 0.842 bits per heavy atom. The van der Waals surface area contributed by atoms with Gasteiger partial charge >= 0.3 is 0 Å². The number of anilines is 1. The van der Waals surface area contributed by atoms with E-state index in [1.807, 2.05) is 45.9 Å². The van der Waals surface area contributed by atoms with Crippen molar-refractivity contribution in [3.05, 3.63) is 18.2 Å². The van der Waals surface area contributed by atoms with Gasteiger partial charge in [0.1, 0.15) is 5.69 Å². The molecule has 0 N–H and O–H groups in total. The quantitative estimate of drug-likeness (QED) is 0.644. The highest BCUT2D eigenvalue weighted by Crippen LogP contribution is 2.38. The first-order valence-corrected chi connectivity index (χ1v) is 6.72. The molecule has 0 aliphatic rings. The summed E-state index contributed by atoms with van der Waals surface area (Å²) in [5, 5.41) is 1.38. The number of para-hydroxylation sites is 1. The molecular formula is C14H23NO4. The Kier molecular flexibility index (Phi) is 7.07. The Bertz CT molecular complexity index is 364. The van der Waals surface area contributed by atoms with E-state index in [1.54, 1.807) is 0 Å². The number of rotatable bonds is 9. The molecule has 5 nitrogen and oxygen atoms in total. The predicted molar refractivity (Wildman–Crippen MR) is 74.5 cm³/mol. The molecule has 0 aromatic heterocycles. The molecule has 0 heterocycles. The lowest BCUT2D eigenvalue weighted by Crippen LogP contribution is -2.24. The molecular weight excluding hydrogens is 246 g/mol. The Balaban J connectivity index is 3.10. The van der Waals surface area contributed by atoms with Gasteiger partial charge in [0.2, 0.25) is 0 Å². The molecule has 0 atom stereocenters. The Labute approximate surface area is 114 Å². The largest absolute Gasteiger partial charge is 0.490 e. The molecule has 0 saturated heterocycles. The first kappa shape index (κ1) is 15.6. The second-order valence-corrected chi connectivity index (χ2v) is 3.56. The van der Waals surface area contributed by atoms with Crippen molar-refractivity contribution in [1.82, 2.24) is 0 Å². The van der Waals surface area contributed by atoms with Gasteiger partial charge in [0.05, 0.1) is 26.4 Å². The van der Waals surface area contributed by atoms with Crippen molar-refractivity contribution in [3.8, 4) is 11.5 Å². The topological polar surface area (TPSA) is 40.2 Å². The Hall–Kier alpha value is -1.46. The van der Waals surface area contributed by atoms with E-state index in [0.29, 0.717) is 43.6 Å². The molecule has 1 aromatic carbocycles. The normalized spacial score (nSPS) is 10.3. The zero-order valence-corrected chi connectivity index (χ0v) is 12.1. The lowest BCUT2D eigenvalue weighted by Gasteiger charge is -2.24. The van der Waals surface area contributed by atoms with E-state index in [2.05, 4.69) is 0 Å². The van der Waals surface area contributed by atoms with E-state index in [-0.39, 0.29) is 0 Å². The van der Waals surface area contributed by atoms with Gasteiger partial charge in [0.25, 0.3) is 0 Å². The fraction of sp³-hybridized carbons (Fsp3) is 0.571. The smallest absolute Gasteiger partial charge is 0.189 e. The molecule has 0 amide bonds. The van der Waals surface area contributed by atoms with Gasteiger partial charge in [-0.25, -0.2) is 9.68 Å². The van der Waals surface area contributed by atoms with Crippen molar-refractivity contribution in [1.29, 1.82) is 0 Å². The van der Waals surface area contributed by atoms with Crippen LogP contribution in [0.15, 0.2) is 18.2 Å². The van der Waals surface area contributed by atoms with Gasteiger partial charge in [-0.05, 0) is 39.8 Å². The molecule has 0 aliphatic heterocycles. The minimum Gasteiger partial charge on any atom is -0.490 e. The van der Waals surface area contributed by atoms with E-state index < -0.39 is 0 Å². The van der Waals surface area contributed by atoms with Crippen LogP contribution >= 0.6 is 0 Å². The molecule has 0 unspecified atom stereocenters. The standard InChI is InChI=1S/C14H23NO4/c1-5-16-13-11-9-10-12(14(13)17-6-2)15(18-7-3)19-8-4/h9-11H,5-8H2,1-4H3. The third-order valence-electron chi connectivity index (χ3n) is 2.24. The summed E-state index contributed by atoms with van der Waals surface area (Å²) >= 11 is 0. The van der Waals surface area contributed by atoms with Crippen LogP contribution in [-0.4, -0.2) is 26.4 Å². The summed E-state index contributed by atoms with van der Waals surface area (Å²) in [6, 6.07) is 5.63. The van der Waals surface area contributed by atoms with Crippen LogP contribution in [-0.2, 0) is 9.68 Å². The molecule has 0 bridgehead atoms. The molecule has 108 valence electrons. The van der Waals surface area contributed by atoms with E-state index in [1.165, 1.54) is 5.23 Å². The molecule has 5 heteroatoms. The Morgan fingerprint density at radius 2 is 1.47 bits per heavy atom. The van der Waals surface area contributed by atoms with Crippen LogP contribution < -0.4 is 14.7 Å². The van der Waals surface area contributed by atoms with Crippen LogP contribution in [0.3, 0.4) is 0 Å². The van der Waals surface area contributed by atoms with Gasteiger partial charge in [-0.3, -0.25) is 0 Å². The maximum atomic E-state index is 5.67. The maximum Gasteiger partial charge on any atom is 0.189 e. The van der Waals surface area contributed by atoms with Crippen molar-refractivity contribution in [2.24, 2.45) is 0 Å². The number of ether oxygens (including phenoxy) is 2. The van der Waals surface area contributed by atoms with Crippen LogP contribution in [0.5, 0.6) is 11.5 Å². The van der Waals surface area contributed by atoms with E-state index >= 15 is 0 Å². The lowest BCUT2D eigenvalue weighted by atomic mass is 10.2. The molecule has 19 heavy (non-hydrogen) atoms. The minimum atomic E-state index is 0.504. The fourth-order valence-corrected chi connectivity index (χ4v) is 1.62. The Morgan fingerprint density at radius 3 is 2.00 bits per heavy atom. The third-order valence-corrected chi connectivity index (χ3v) is 2.24. The first-order valence-electron chi connectivity index (χ1n) is 6.72. The van der Waals surface area contributed by atoms with Gasteiger partial charge in [0.15, 0.2) is 11.5 Å². The average molecular weight is 269 g/mol. The van der Waals surface area contributed by atoms with Crippen LogP contribution in [0.4, 0.5) is 5.69 Å². The highest BCUT2D eigenvalue weighted by molar-refractivity contribution is 5.62. The van der Waals surface area contributed by atoms with E-state index in [9.17, 15) is 0 Å². The second kappa shape index (κ2) is 8.61. The molecule has 0 spiro atoms. The minimum absolute atomic E-state index is 0.504. The van der Waals surface area contributed by atoms with Crippen molar-refractivity contribution < 1.29 is 19.1 Å². The molecule has 0 saturated carbocycles. The van der Waals surface area contributed by atoms with Crippen LogP contribution in [0.1, 0.15) is 27.7 Å². The maximum absolute atomic E-state index is 5.67. The number of benzene rings is 1. The molecule has 0 aliphatic carbocycles. The summed E-state index contributed by atoms with van der Waals surface area (Å²) in [4.78, 5) is 10.9. The fourth-order valence-electron chi connectivity index (χ4n) is 1.62. The molecule has 0 radical (unpaired) electrons. The van der Waals surface area contributed by atoms with E-state index in [4.69, 9.17) is 19.1 Å². The van der Waals surface area contributed by atoms with Crippen molar-refractivity contribution in [2.75, 3.05) is 31.7 Å². The van der Waals surface area contributed by atoms with Gasteiger partial charge in [-0.1, -0.05) is 6.07 Å². The zero-order valence-electron chi connectivity index (χ0n) is 12.1. The average Bonchev–Trinajstić information content (AvgIpc) is 2.41. The highest BCUT2D eigenvalue weighted by Gasteiger charge is 2.18. The molecule has 1 rings (SSSR count). The lowest BCUT2D eigenvalue weighted by molar-refractivity contribution is -0.0825. The van der Waals surface area contributed by atoms with Gasteiger partial charge in [-0.15, -0.1) is 5.23 Å². The van der Waals surface area contributed by atoms with Crippen LogP contribution in [0.2, 0.25) is 0 Å². The molecule has 0 fully saturated rings. The number of hydrogen-bond donors (Lipinski definition) is 0. The number of nitrogens with zero attached hydrogens (tertiary/aromatic N) is 1. The monoisotopic (exact) mass is 269 g/mol. The summed E-state index contributed by atoms with van der Waals surface area (Å²) in [6.45, 7) is 9.80. The molecule has 1 aromatic rings. The van der Waals surface area contributed by atoms with Crippen molar-refractivity contribution >= 4 is 5.69 Å². The van der Waals surface area contributed by atoms with Crippen molar-refractivity contribution in [3.63, 3.8) is 0 Å². The van der Waals surface area contributed by atoms with E-state index in [0.717, 1.165) is 0 Å². The highest BCUT2D eigenvalue weighted by atomic mass is 16.9. The summed E-state index contributed by atoms with van der Waals surface area (Å²) in [7, 11) is 0. The third kappa shape index (κ3) is 4.29. The van der Waals surface area contributed by atoms with Gasteiger partial charge in [-0.2, -0.15) is 0 Å². The summed E-state index contributed by atoms with van der Waals surface area (Å²) in [5.74, 6) is 1.32.